The van der Waals surface area contributed by atoms with E-state index in [0.717, 1.165) is 0 Å². The third kappa shape index (κ3) is 3.17. The van der Waals surface area contributed by atoms with E-state index in [1.54, 1.807) is 6.14 Å². The Labute approximate surface area is 104 Å². The Morgan fingerprint density at radius 1 is 0.733 bits per heavy atom. The zero-order chi connectivity index (χ0) is 10.7. The van der Waals surface area contributed by atoms with Gasteiger partial charge in [0.25, 0.3) is 0 Å². The molecule has 72 valence electrons. The SMILES string of the molecule is Cc1ccc[c]([Hg][c]2cccc(C)c2)c1. The second-order valence-corrected chi connectivity index (χ2v) is 11.9. The molecule has 0 atom stereocenters. The molecule has 0 amide bonds. The molecule has 0 saturated heterocycles. The normalized spacial score (nSPS) is 9.73. The summed E-state index contributed by atoms with van der Waals surface area (Å²) >= 11 is -1.06. The molecule has 0 radical (unpaired) electrons. The van der Waals surface area contributed by atoms with E-state index >= 15 is 0 Å². The Hall–Kier alpha value is -0.625. The predicted octanol–water partition coefficient (Wildman–Crippen LogP) is 2.34. The van der Waals surface area contributed by atoms with Gasteiger partial charge in [-0.15, -0.1) is 0 Å². The molecule has 0 unspecified atom stereocenters. The Kier molecular flexibility index (Phi) is 3.58. The van der Waals surface area contributed by atoms with Crippen molar-refractivity contribution in [3.05, 3.63) is 59.7 Å². The fourth-order valence-corrected chi connectivity index (χ4v) is 8.98. The van der Waals surface area contributed by atoms with Crippen LogP contribution >= 0.6 is 0 Å². The van der Waals surface area contributed by atoms with E-state index in [1.807, 2.05) is 0 Å². The molecular weight excluding hydrogens is 369 g/mol. The first kappa shape index (κ1) is 10.9. The zero-order valence-electron chi connectivity index (χ0n) is 9.33. The molecule has 0 bridgehead atoms. The van der Waals surface area contributed by atoms with E-state index in [-0.39, 0.29) is 0 Å². The maximum atomic E-state index is 2.35. The van der Waals surface area contributed by atoms with E-state index in [0.29, 0.717) is 0 Å². The van der Waals surface area contributed by atoms with E-state index in [4.69, 9.17) is 0 Å². The van der Waals surface area contributed by atoms with Crippen LogP contribution in [0.25, 0.3) is 0 Å². The number of benzene rings is 2. The molecule has 2 rings (SSSR count). The van der Waals surface area contributed by atoms with Crippen LogP contribution in [0.5, 0.6) is 0 Å². The molecular formula is C14H14Hg. The van der Waals surface area contributed by atoms with Gasteiger partial charge in [0.15, 0.2) is 0 Å². The molecule has 0 fully saturated rings. The van der Waals surface area contributed by atoms with Crippen molar-refractivity contribution in [2.24, 2.45) is 0 Å². The second-order valence-electron chi connectivity index (χ2n) is 4.15. The zero-order valence-corrected chi connectivity index (χ0v) is 14.8. The number of rotatable bonds is 2. The summed E-state index contributed by atoms with van der Waals surface area (Å²) < 4.78 is 3.22. The summed E-state index contributed by atoms with van der Waals surface area (Å²) in [6.45, 7) is 4.35. The first-order valence-corrected chi connectivity index (χ1v) is 10.8. The van der Waals surface area contributed by atoms with Gasteiger partial charge in [0.1, 0.15) is 0 Å². The van der Waals surface area contributed by atoms with Gasteiger partial charge in [0, 0.05) is 0 Å². The first-order chi connectivity index (χ1) is 7.24. The topological polar surface area (TPSA) is 0 Å². The van der Waals surface area contributed by atoms with Gasteiger partial charge in [-0.2, -0.15) is 0 Å². The van der Waals surface area contributed by atoms with Crippen LogP contribution in [0.1, 0.15) is 11.1 Å². The molecule has 0 saturated carbocycles. The van der Waals surface area contributed by atoms with Crippen LogP contribution in [0.3, 0.4) is 0 Å². The maximum absolute atomic E-state index is 2.35. The third-order valence-electron chi connectivity index (χ3n) is 2.57. The molecule has 2 aromatic rings. The summed E-state index contributed by atoms with van der Waals surface area (Å²) in [5, 5.41) is 0. The fraction of sp³-hybridized carbons (Fsp3) is 0.143. The molecule has 0 aliphatic heterocycles. The van der Waals surface area contributed by atoms with Crippen LogP contribution in [0.15, 0.2) is 48.5 Å². The van der Waals surface area contributed by atoms with Gasteiger partial charge in [-0.3, -0.25) is 0 Å². The van der Waals surface area contributed by atoms with Crippen LogP contribution < -0.4 is 6.14 Å². The van der Waals surface area contributed by atoms with Crippen molar-refractivity contribution in [2.45, 2.75) is 13.8 Å². The van der Waals surface area contributed by atoms with Crippen molar-refractivity contribution in [3.63, 3.8) is 0 Å². The van der Waals surface area contributed by atoms with Gasteiger partial charge in [-0.05, 0) is 0 Å². The number of hydrogen-bond acceptors (Lipinski definition) is 0. The Morgan fingerprint density at radius 3 is 1.60 bits per heavy atom. The summed E-state index contributed by atoms with van der Waals surface area (Å²) in [7, 11) is 0. The molecule has 0 nitrogen and oxygen atoms in total. The Bertz CT molecular complexity index is 417. The van der Waals surface area contributed by atoms with Crippen molar-refractivity contribution in [1.29, 1.82) is 0 Å². The van der Waals surface area contributed by atoms with Crippen LogP contribution in [-0.4, -0.2) is 0 Å². The second kappa shape index (κ2) is 4.93. The molecule has 0 aliphatic carbocycles. The average molecular weight is 383 g/mol. The van der Waals surface area contributed by atoms with Crippen LogP contribution in [0.4, 0.5) is 0 Å². The van der Waals surface area contributed by atoms with Crippen molar-refractivity contribution < 1.29 is 24.6 Å². The Balaban J connectivity index is 2.22. The van der Waals surface area contributed by atoms with Gasteiger partial charge in [-0.1, -0.05) is 0 Å². The van der Waals surface area contributed by atoms with Gasteiger partial charge in [0.2, 0.25) is 0 Å². The molecule has 0 N–H and O–H groups in total. The monoisotopic (exact) mass is 384 g/mol. The van der Waals surface area contributed by atoms with Crippen molar-refractivity contribution >= 4 is 6.14 Å². The average Bonchev–Trinajstić information content (AvgIpc) is 2.17. The summed E-state index contributed by atoms with van der Waals surface area (Å²) in [5.74, 6) is 0. The standard InChI is InChI=1S/2C7H7.Hg/c2*1-7-5-3-2-4-6-7;/h2*2-3,5-6H,1H3;. The molecule has 0 aromatic heterocycles. The minimum absolute atomic E-state index is 1.06. The quantitative estimate of drug-likeness (QED) is 0.699. The van der Waals surface area contributed by atoms with Gasteiger partial charge >= 0.3 is 104 Å². The fourth-order valence-electron chi connectivity index (χ4n) is 1.88. The summed E-state index contributed by atoms with van der Waals surface area (Å²) in [5.41, 5.74) is 2.78. The molecule has 1 heteroatoms. The molecule has 0 aliphatic rings. The van der Waals surface area contributed by atoms with Crippen molar-refractivity contribution in [2.75, 3.05) is 0 Å². The molecule has 15 heavy (non-hydrogen) atoms. The predicted molar refractivity (Wildman–Crippen MR) is 61.6 cm³/mol. The van der Waals surface area contributed by atoms with E-state index in [2.05, 4.69) is 62.4 Å². The number of aryl methyl sites for hydroxylation is 2. The van der Waals surface area contributed by atoms with Gasteiger partial charge < -0.3 is 0 Å². The van der Waals surface area contributed by atoms with Crippen LogP contribution in [0.2, 0.25) is 0 Å². The minimum atomic E-state index is -1.06. The van der Waals surface area contributed by atoms with Gasteiger partial charge in [0.05, 0.1) is 0 Å². The Morgan fingerprint density at radius 2 is 1.20 bits per heavy atom. The third-order valence-corrected chi connectivity index (χ3v) is 9.17. The van der Waals surface area contributed by atoms with Crippen LogP contribution in [-0.2, 0) is 24.6 Å². The molecule has 0 spiro atoms. The summed E-state index contributed by atoms with van der Waals surface area (Å²) in [6, 6.07) is 18.0. The van der Waals surface area contributed by atoms with E-state index < -0.39 is 24.6 Å². The number of hydrogen-bond donors (Lipinski definition) is 0. The van der Waals surface area contributed by atoms with Crippen LogP contribution in [0, 0.1) is 13.8 Å². The van der Waals surface area contributed by atoms with E-state index in [1.165, 1.54) is 11.1 Å². The summed E-state index contributed by atoms with van der Waals surface area (Å²) in [6.07, 6.45) is 0. The van der Waals surface area contributed by atoms with E-state index in [9.17, 15) is 0 Å². The molecule has 2 aromatic carbocycles. The first-order valence-electron chi connectivity index (χ1n) is 5.35. The van der Waals surface area contributed by atoms with Crippen molar-refractivity contribution in [1.82, 2.24) is 0 Å². The molecule has 0 heterocycles. The van der Waals surface area contributed by atoms with Gasteiger partial charge in [-0.25, -0.2) is 0 Å². The summed E-state index contributed by atoms with van der Waals surface area (Å²) in [4.78, 5) is 0. The van der Waals surface area contributed by atoms with Crippen molar-refractivity contribution in [3.8, 4) is 0 Å².